The van der Waals surface area contributed by atoms with Gasteiger partial charge in [-0.1, -0.05) is 132 Å². The molecule has 0 saturated heterocycles. The molecule has 3 N–H and O–H groups in total. The smallest absolute Gasteiger partial charge is 0.472 e. The van der Waals surface area contributed by atoms with Gasteiger partial charge in [0.25, 0.3) is 0 Å². The van der Waals surface area contributed by atoms with Crippen LogP contribution in [0.25, 0.3) is 0 Å². The highest BCUT2D eigenvalue weighted by atomic mass is 31.2. The van der Waals surface area contributed by atoms with Gasteiger partial charge in [0, 0.05) is 13.0 Å². The molecular weight excluding hydrogens is 673 g/mol. The fourth-order valence-corrected chi connectivity index (χ4v) is 5.91. The maximum Gasteiger partial charge on any atom is 0.472 e. The first kappa shape index (κ1) is 49.8. The molecule has 0 amide bonds. The summed E-state index contributed by atoms with van der Waals surface area (Å²) in [6, 6.07) is 0. The Hall–Kier alpha value is -2.22. The number of carbonyl (C=O) groups excluding carboxylic acids is 1. The first-order valence-electron chi connectivity index (χ1n) is 20.5. The molecule has 2 atom stereocenters. The molecule has 0 aliphatic heterocycles. The quantitative estimate of drug-likeness (QED) is 0.0211. The molecular formula is C43H76NO7P. The number of phosphoric ester groups is 1. The molecule has 9 heteroatoms. The summed E-state index contributed by atoms with van der Waals surface area (Å²) < 4.78 is 33.1. The maximum absolute atomic E-state index is 12.4. The van der Waals surface area contributed by atoms with Crippen LogP contribution in [0.1, 0.15) is 162 Å². The van der Waals surface area contributed by atoms with Crippen molar-refractivity contribution in [2.75, 3.05) is 26.4 Å². The predicted molar refractivity (Wildman–Crippen MR) is 219 cm³/mol. The third kappa shape index (κ3) is 39.0. The van der Waals surface area contributed by atoms with Gasteiger partial charge in [0.2, 0.25) is 0 Å². The summed E-state index contributed by atoms with van der Waals surface area (Å²) in [7, 11) is -4.28. The molecule has 300 valence electrons. The van der Waals surface area contributed by atoms with Gasteiger partial charge in [-0.25, -0.2) is 4.57 Å². The zero-order valence-electron chi connectivity index (χ0n) is 33.0. The lowest BCUT2D eigenvalue weighted by molar-refractivity contribution is -0.147. The largest absolute Gasteiger partial charge is 0.492 e. The number of esters is 1. The molecule has 0 saturated carbocycles. The van der Waals surface area contributed by atoms with E-state index in [1.165, 1.54) is 57.8 Å². The average molecular weight is 750 g/mol. The SMILES string of the molecule is CC/C=C\C/C=C\C/C=C\C/C=C\CCCCCCC(=O)OC[C@H](COP(=O)(O)OCCN)O/C=C\CCCCCC/C=C\CCCCCCCC. The molecule has 0 heterocycles. The zero-order chi connectivity index (χ0) is 38.1. The van der Waals surface area contributed by atoms with E-state index in [1.807, 2.05) is 6.08 Å². The highest BCUT2D eigenvalue weighted by Gasteiger charge is 2.24. The Morgan fingerprint density at radius 2 is 1.10 bits per heavy atom. The van der Waals surface area contributed by atoms with Crippen LogP contribution in [-0.4, -0.2) is 43.3 Å². The van der Waals surface area contributed by atoms with Gasteiger partial charge in [0.1, 0.15) is 6.61 Å². The molecule has 1 unspecified atom stereocenters. The van der Waals surface area contributed by atoms with E-state index in [-0.39, 0.29) is 32.3 Å². The fraction of sp³-hybridized carbons (Fsp3) is 0.698. The van der Waals surface area contributed by atoms with Crippen molar-refractivity contribution in [3.63, 3.8) is 0 Å². The number of allylic oxidation sites excluding steroid dienone is 11. The van der Waals surface area contributed by atoms with Gasteiger partial charge in [-0.05, 0) is 89.5 Å². The van der Waals surface area contributed by atoms with Crippen molar-refractivity contribution in [3.8, 4) is 0 Å². The highest BCUT2D eigenvalue weighted by molar-refractivity contribution is 7.47. The molecule has 0 aromatic carbocycles. The minimum Gasteiger partial charge on any atom is -0.492 e. The van der Waals surface area contributed by atoms with Crippen molar-refractivity contribution in [3.05, 3.63) is 73.1 Å². The highest BCUT2D eigenvalue weighted by Crippen LogP contribution is 2.43. The van der Waals surface area contributed by atoms with Crippen LogP contribution in [0.3, 0.4) is 0 Å². The van der Waals surface area contributed by atoms with E-state index in [2.05, 4.69) is 74.6 Å². The summed E-state index contributed by atoms with van der Waals surface area (Å²) in [6.45, 7) is 4.04. The first-order chi connectivity index (χ1) is 25.4. The van der Waals surface area contributed by atoms with Crippen LogP contribution in [-0.2, 0) is 27.9 Å². The molecule has 0 aliphatic rings. The van der Waals surface area contributed by atoms with Crippen LogP contribution in [0.5, 0.6) is 0 Å². The van der Waals surface area contributed by atoms with Crippen molar-refractivity contribution in [2.24, 2.45) is 5.73 Å². The third-order valence-electron chi connectivity index (χ3n) is 8.20. The van der Waals surface area contributed by atoms with Crippen molar-refractivity contribution in [1.82, 2.24) is 0 Å². The molecule has 0 aromatic rings. The summed E-state index contributed by atoms with van der Waals surface area (Å²) in [5.74, 6) is -0.319. The number of hydrogen-bond donors (Lipinski definition) is 2. The van der Waals surface area contributed by atoms with Gasteiger partial charge < -0.3 is 20.1 Å². The van der Waals surface area contributed by atoms with Crippen molar-refractivity contribution >= 4 is 13.8 Å². The Bertz CT molecular complexity index is 1020. The number of ether oxygens (including phenoxy) is 2. The molecule has 52 heavy (non-hydrogen) atoms. The number of rotatable bonds is 38. The lowest BCUT2D eigenvalue weighted by Crippen LogP contribution is -2.25. The van der Waals surface area contributed by atoms with Crippen LogP contribution in [0.15, 0.2) is 73.1 Å². The number of nitrogens with two attached hydrogens (primary N) is 1. The topological polar surface area (TPSA) is 117 Å². The predicted octanol–water partition coefficient (Wildman–Crippen LogP) is 12.3. The van der Waals surface area contributed by atoms with E-state index >= 15 is 0 Å². The molecule has 0 rings (SSSR count). The second-order valence-corrected chi connectivity index (χ2v) is 14.6. The molecule has 0 radical (unpaired) electrons. The van der Waals surface area contributed by atoms with Crippen LogP contribution in [0.4, 0.5) is 0 Å². The van der Waals surface area contributed by atoms with Gasteiger partial charge in [-0.15, -0.1) is 0 Å². The summed E-state index contributed by atoms with van der Waals surface area (Å²) in [5, 5.41) is 0. The Morgan fingerprint density at radius 3 is 1.65 bits per heavy atom. The van der Waals surface area contributed by atoms with Crippen LogP contribution < -0.4 is 5.73 Å². The van der Waals surface area contributed by atoms with E-state index in [4.69, 9.17) is 24.3 Å². The van der Waals surface area contributed by atoms with Crippen LogP contribution in [0, 0.1) is 0 Å². The first-order valence-corrected chi connectivity index (χ1v) is 22.0. The second kappa shape index (κ2) is 40.0. The van der Waals surface area contributed by atoms with E-state index in [1.54, 1.807) is 6.26 Å². The lowest BCUT2D eigenvalue weighted by Gasteiger charge is -2.19. The molecule has 0 aromatic heterocycles. The number of unbranched alkanes of at least 4 members (excludes halogenated alkanes) is 15. The zero-order valence-corrected chi connectivity index (χ0v) is 33.9. The van der Waals surface area contributed by atoms with Crippen molar-refractivity contribution in [2.45, 2.75) is 168 Å². The number of carbonyl (C=O) groups is 1. The third-order valence-corrected chi connectivity index (χ3v) is 9.18. The molecule has 0 aliphatic carbocycles. The average Bonchev–Trinajstić information content (AvgIpc) is 3.14. The van der Waals surface area contributed by atoms with Crippen molar-refractivity contribution < 1.29 is 32.8 Å². The Morgan fingerprint density at radius 1 is 0.615 bits per heavy atom. The van der Waals surface area contributed by atoms with E-state index in [9.17, 15) is 14.3 Å². The van der Waals surface area contributed by atoms with Gasteiger partial charge in [0.15, 0.2) is 6.10 Å². The standard InChI is InChI=1S/C43H76NO7P/c1-3-5-7-9-11-13-15-17-19-21-22-24-26-28-30-32-34-36-43(45)49-40-42(41-51-52(46,47)50-39-37-44)48-38-35-33-31-29-27-25-23-20-18-16-14-12-10-8-6-4-2/h5,7,11,13,17-20,22,24,35,38,42H,3-4,6,8-10,12,14-16,21,23,25-34,36-37,39-41,44H2,1-2H3,(H,46,47)/b7-5-,13-11-,19-17-,20-18-,24-22-,38-35-/t42-/m1/s1. The second-order valence-electron chi connectivity index (χ2n) is 13.2. The summed E-state index contributed by atoms with van der Waals surface area (Å²) in [6.07, 6.45) is 50.1. The monoisotopic (exact) mass is 750 g/mol. The van der Waals surface area contributed by atoms with Gasteiger partial charge in [0.05, 0.1) is 19.5 Å². The molecule has 8 nitrogen and oxygen atoms in total. The van der Waals surface area contributed by atoms with E-state index in [0.717, 1.165) is 83.5 Å². The van der Waals surface area contributed by atoms with Gasteiger partial charge in [-0.2, -0.15) is 0 Å². The molecule has 0 fully saturated rings. The minimum atomic E-state index is -4.28. The Labute approximate surface area is 318 Å². The summed E-state index contributed by atoms with van der Waals surface area (Å²) in [5.41, 5.74) is 5.36. The molecule has 0 bridgehead atoms. The Balaban J connectivity index is 4.19. The maximum atomic E-state index is 12.4. The molecule has 0 spiro atoms. The van der Waals surface area contributed by atoms with Gasteiger partial charge in [-0.3, -0.25) is 13.8 Å². The van der Waals surface area contributed by atoms with Crippen LogP contribution in [0.2, 0.25) is 0 Å². The van der Waals surface area contributed by atoms with Crippen LogP contribution >= 0.6 is 7.82 Å². The summed E-state index contributed by atoms with van der Waals surface area (Å²) >= 11 is 0. The summed E-state index contributed by atoms with van der Waals surface area (Å²) in [4.78, 5) is 22.2. The number of hydrogen-bond acceptors (Lipinski definition) is 7. The Kier molecular flexibility index (Phi) is 38.3. The number of phosphoric acid groups is 1. The lowest BCUT2D eigenvalue weighted by atomic mass is 10.1. The minimum absolute atomic E-state index is 0.0851. The van der Waals surface area contributed by atoms with E-state index < -0.39 is 13.9 Å². The van der Waals surface area contributed by atoms with E-state index in [0.29, 0.717) is 6.42 Å². The normalized spacial score (nSPS) is 14.2. The van der Waals surface area contributed by atoms with Gasteiger partial charge >= 0.3 is 13.8 Å². The van der Waals surface area contributed by atoms with Crippen molar-refractivity contribution in [1.29, 1.82) is 0 Å². The fourth-order valence-electron chi connectivity index (χ4n) is 5.14.